The number of nitrogens with one attached hydrogen (secondary N) is 1. The van der Waals surface area contributed by atoms with Gasteiger partial charge in [-0.3, -0.25) is 4.98 Å². The zero-order chi connectivity index (χ0) is 30.4. The van der Waals surface area contributed by atoms with Gasteiger partial charge in [0.15, 0.2) is 5.01 Å². The van der Waals surface area contributed by atoms with Gasteiger partial charge in [0.2, 0.25) is 5.13 Å². The quantitative estimate of drug-likeness (QED) is 0.329. The van der Waals surface area contributed by atoms with Gasteiger partial charge < -0.3 is 24.6 Å². The number of hydrogen-bond acceptors (Lipinski definition) is 11. The van der Waals surface area contributed by atoms with Crippen molar-refractivity contribution < 1.29 is 14.3 Å². The normalized spacial score (nSPS) is 20.6. The molecule has 3 aliphatic rings. The van der Waals surface area contributed by atoms with Crippen molar-refractivity contribution in [2.75, 3.05) is 36.5 Å². The van der Waals surface area contributed by atoms with Gasteiger partial charge in [0.05, 0.1) is 34.2 Å². The van der Waals surface area contributed by atoms with Crippen LogP contribution in [0.25, 0.3) is 27.5 Å². The molecule has 2 unspecified atom stereocenters. The van der Waals surface area contributed by atoms with Crippen molar-refractivity contribution in [2.24, 2.45) is 0 Å². The van der Waals surface area contributed by atoms with Crippen molar-refractivity contribution in [2.45, 2.75) is 70.2 Å². The highest BCUT2D eigenvalue weighted by Crippen LogP contribution is 2.41. The number of amides is 1. The Labute approximate surface area is 259 Å². The third kappa shape index (κ3) is 5.55. The standard InChI is InChI=1S/C31H35N9O3S/c1-31(2,3)43-30(41)38-17-22-4-5-23(18-38)39(22)29-37-36-28(44-29)24-16-33-26(13-25(24)35-20-8-10-42-11-9-20)27-7-6-21-12-19(14-32)15-34-40(21)27/h6-7,12-13,15-16,20,22-23H,4-5,8-11,17-18H2,1-3H3,(H,33,35). The second-order valence-electron chi connectivity index (χ2n) is 12.6. The summed E-state index contributed by atoms with van der Waals surface area (Å²) in [4.78, 5) is 21.8. The number of nitriles is 1. The number of nitrogens with zero attached hydrogens (tertiary/aromatic N) is 8. The Balaban J connectivity index is 1.18. The van der Waals surface area contributed by atoms with Crippen LogP contribution in [0.1, 0.15) is 52.0 Å². The molecule has 3 fully saturated rings. The molecule has 44 heavy (non-hydrogen) atoms. The maximum atomic E-state index is 12.8. The van der Waals surface area contributed by atoms with Crippen LogP contribution in [0.2, 0.25) is 0 Å². The minimum atomic E-state index is -0.520. The highest BCUT2D eigenvalue weighted by atomic mass is 32.1. The number of likely N-dealkylation sites (tertiary alicyclic amines) is 1. The Kier molecular flexibility index (Phi) is 7.34. The highest BCUT2D eigenvalue weighted by molar-refractivity contribution is 7.18. The molecule has 3 saturated heterocycles. The molecule has 1 N–H and O–H groups in total. The third-order valence-corrected chi connectivity index (χ3v) is 9.35. The van der Waals surface area contributed by atoms with Crippen LogP contribution < -0.4 is 10.2 Å². The second kappa shape index (κ2) is 11.3. The molecule has 4 aromatic rings. The van der Waals surface area contributed by atoms with E-state index in [0.29, 0.717) is 18.7 Å². The number of fused-ring (bicyclic) bond motifs is 3. The zero-order valence-electron chi connectivity index (χ0n) is 25.1. The molecule has 2 atom stereocenters. The lowest BCUT2D eigenvalue weighted by Gasteiger charge is -2.40. The highest BCUT2D eigenvalue weighted by Gasteiger charge is 2.44. The molecule has 12 nitrogen and oxygen atoms in total. The van der Waals surface area contributed by atoms with Gasteiger partial charge in [0.1, 0.15) is 11.7 Å². The third-order valence-electron chi connectivity index (χ3n) is 8.38. The van der Waals surface area contributed by atoms with Gasteiger partial charge in [0, 0.05) is 56.3 Å². The fraction of sp³-hybridized carbons (Fsp3) is 0.484. The molecule has 0 spiro atoms. The predicted octanol–water partition coefficient (Wildman–Crippen LogP) is 4.97. The maximum absolute atomic E-state index is 12.8. The number of anilines is 2. The molecule has 228 valence electrons. The Bertz CT molecular complexity index is 1720. The van der Waals surface area contributed by atoms with Crippen molar-refractivity contribution >= 4 is 33.8 Å². The van der Waals surface area contributed by atoms with Gasteiger partial charge in [-0.1, -0.05) is 11.3 Å². The first-order valence-electron chi connectivity index (χ1n) is 15.1. The van der Waals surface area contributed by atoms with E-state index in [1.165, 1.54) is 0 Å². The Morgan fingerprint density at radius 2 is 1.86 bits per heavy atom. The molecule has 1 amide bonds. The Hall–Kier alpha value is -4.28. The molecule has 4 aromatic heterocycles. The van der Waals surface area contributed by atoms with E-state index in [0.717, 1.165) is 77.2 Å². The predicted molar refractivity (Wildman–Crippen MR) is 167 cm³/mol. The first-order chi connectivity index (χ1) is 21.3. The van der Waals surface area contributed by atoms with E-state index in [-0.39, 0.29) is 24.2 Å². The molecule has 0 aliphatic carbocycles. The summed E-state index contributed by atoms with van der Waals surface area (Å²) >= 11 is 1.56. The maximum Gasteiger partial charge on any atom is 0.410 e. The minimum absolute atomic E-state index is 0.180. The van der Waals surface area contributed by atoms with Crippen LogP contribution in [0.3, 0.4) is 0 Å². The Morgan fingerprint density at radius 1 is 1.09 bits per heavy atom. The summed E-state index contributed by atoms with van der Waals surface area (Å²) in [5.74, 6) is 0. The zero-order valence-corrected chi connectivity index (χ0v) is 25.9. The van der Waals surface area contributed by atoms with Crippen LogP contribution in [0, 0.1) is 11.3 Å². The molecule has 2 bridgehead atoms. The monoisotopic (exact) mass is 613 g/mol. The molecule has 3 aliphatic heterocycles. The summed E-state index contributed by atoms with van der Waals surface area (Å²) < 4.78 is 13.1. The number of hydrogen-bond donors (Lipinski definition) is 1. The van der Waals surface area contributed by atoms with Crippen LogP contribution in [0.4, 0.5) is 15.6 Å². The number of carbonyl (C=O) groups excluding carboxylic acids is 1. The molecule has 0 saturated carbocycles. The second-order valence-corrected chi connectivity index (χ2v) is 13.6. The summed E-state index contributed by atoms with van der Waals surface area (Å²) in [5, 5.41) is 28.5. The number of aromatic nitrogens is 5. The topological polar surface area (TPSA) is 134 Å². The summed E-state index contributed by atoms with van der Waals surface area (Å²) in [6.07, 6.45) is 7.00. The number of piperazine rings is 1. The number of carbonyl (C=O) groups is 1. The van der Waals surface area contributed by atoms with Gasteiger partial charge >= 0.3 is 6.09 Å². The van der Waals surface area contributed by atoms with Crippen LogP contribution in [0.5, 0.6) is 0 Å². The van der Waals surface area contributed by atoms with Crippen LogP contribution in [0.15, 0.2) is 36.7 Å². The van der Waals surface area contributed by atoms with E-state index >= 15 is 0 Å². The number of rotatable bonds is 5. The van der Waals surface area contributed by atoms with Gasteiger partial charge in [-0.05, 0) is 70.7 Å². The summed E-state index contributed by atoms with van der Waals surface area (Å²) in [7, 11) is 0. The number of pyridine rings is 1. The molecule has 7 heterocycles. The lowest BCUT2D eigenvalue weighted by Crippen LogP contribution is -2.56. The largest absolute Gasteiger partial charge is 0.444 e. The van der Waals surface area contributed by atoms with E-state index in [1.807, 2.05) is 50.1 Å². The van der Waals surface area contributed by atoms with Gasteiger partial charge in [-0.15, -0.1) is 10.2 Å². The van der Waals surface area contributed by atoms with Crippen LogP contribution >= 0.6 is 11.3 Å². The van der Waals surface area contributed by atoms with E-state index in [9.17, 15) is 10.1 Å². The van der Waals surface area contributed by atoms with E-state index in [2.05, 4.69) is 37.6 Å². The molecule has 0 aromatic carbocycles. The van der Waals surface area contributed by atoms with E-state index in [4.69, 9.17) is 14.5 Å². The van der Waals surface area contributed by atoms with E-state index in [1.54, 1.807) is 22.0 Å². The van der Waals surface area contributed by atoms with Crippen molar-refractivity contribution in [1.82, 2.24) is 29.7 Å². The lowest BCUT2D eigenvalue weighted by molar-refractivity contribution is 0.0209. The van der Waals surface area contributed by atoms with Gasteiger partial charge in [-0.25, -0.2) is 9.31 Å². The van der Waals surface area contributed by atoms with Crippen molar-refractivity contribution in [3.8, 4) is 28.0 Å². The summed E-state index contributed by atoms with van der Waals surface area (Å²) in [5.41, 5.74) is 4.26. The molecule has 13 heteroatoms. The van der Waals surface area contributed by atoms with Gasteiger partial charge in [-0.2, -0.15) is 10.4 Å². The van der Waals surface area contributed by atoms with Crippen molar-refractivity contribution in [3.63, 3.8) is 0 Å². The molecule has 7 rings (SSSR count). The SMILES string of the molecule is CC(C)(C)OC(=O)N1CC2CCC(C1)N2c1nnc(-c2cnc(-c3ccc4cc(C#N)cnn34)cc2NC2CCOCC2)s1. The average molecular weight is 614 g/mol. The minimum Gasteiger partial charge on any atom is -0.444 e. The molecule has 0 radical (unpaired) electrons. The molecular weight excluding hydrogens is 578 g/mol. The first kappa shape index (κ1) is 28.5. The summed E-state index contributed by atoms with van der Waals surface area (Å²) in [6, 6.07) is 10.6. The van der Waals surface area contributed by atoms with Gasteiger partial charge in [0.25, 0.3) is 0 Å². The van der Waals surface area contributed by atoms with Crippen molar-refractivity contribution in [3.05, 3.63) is 42.2 Å². The molecular formula is C31H35N9O3S. The summed E-state index contributed by atoms with van der Waals surface area (Å²) in [6.45, 7) is 8.36. The fourth-order valence-corrected chi connectivity index (χ4v) is 7.33. The number of ether oxygens (including phenoxy) is 2. The fourth-order valence-electron chi connectivity index (χ4n) is 6.32. The van der Waals surface area contributed by atoms with Crippen LogP contribution in [-0.2, 0) is 9.47 Å². The smallest absolute Gasteiger partial charge is 0.410 e. The lowest BCUT2D eigenvalue weighted by atomic mass is 10.1. The average Bonchev–Trinajstić information content (AvgIpc) is 3.72. The first-order valence-corrected chi connectivity index (χ1v) is 15.9. The van der Waals surface area contributed by atoms with E-state index < -0.39 is 5.60 Å². The van der Waals surface area contributed by atoms with Crippen molar-refractivity contribution in [1.29, 1.82) is 5.26 Å². The van der Waals surface area contributed by atoms with Crippen LogP contribution in [-0.4, -0.2) is 85.8 Å². The Morgan fingerprint density at radius 3 is 2.59 bits per heavy atom.